The number of hydrogen-bond acceptors (Lipinski definition) is 5. The molecular weight excluding hydrogens is 354 g/mol. The van der Waals surface area contributed by atoms with Crippen LogP contribution in [0.25, 0.3) is 0 Å². The third kappa shape index (κ3) is 5.16. The number of methoxy groups -OCH3 is 1. The molecule has 3 rings (SSSR count). The van der Waals surface area contributed by atoms with E-state index < -0.39 is 6.10 Å². The summed E-state index contributed by atoms with van der Waals surface area (Å²) < 4.78 is 11.0. The number of para-hydroxylation sites is 2. The van der Waals surface area contributed by atoms with Crippen LogP contribution >= 0.6 is 0 Å². The van der Waals surface area contributed by atoms with Crippen molar-refractivity contribution in [1.82, 2.24) is 10.2 Å². The van der Waals surface area contributed by atoms with E-state index >= 15 is 0 Å². The Morgan fingerprint density at radius 3 is 2.32 bits per heavy atom. The molecule has 6 nitrogen and oxygen atoms in total. The molecule has 0 aliphatic carbocycles. The molecule has 0 radical (unpaired) electrons. The first-order valence-corrected chi connectivity index (χ1v) is 9.66. The van der Waals surface area contributed by atoms with Crippen LogP contribution in [0.5, 0.6) is 11.5 Å². The molecule has 1 unspecified atom stereocenters. The quantitative estimate of drug-likeness (QED) is 0.796. The van der Waals surface area contributed by atoms with Gasteiger partial charge in [0.25, 0.3) is 5.91 Å². The molecule has 1 atom stereocenters. The van der Waals surface area contributed by atoms with Crippen molar-refractivity contribution < 1.29 is 14.3 Å². The van der Waals surface area contributed by atoms with E-state index in [9.17, 15) is 4.79 Å². The van der Waals surface area contributed by atoms with Crippen LogP contribution in [-0.4, -0.2) is 57.2 Å². The lowest BCUT2D eigenvalue weighted by Gasteiger charge is -2.34. The van der Waals surface area contributed by atoms with Gasteiger partial charge in [-0.3, -0.25) is 4.79 Å². The number of carbonyl (C=O) groups is 1. The first kappa shape index (κ1) is 20.0. The second-order valence-electron chi connectivity index (χ2n) is 7.09. The van der Waals surface area contributed by atoms with Crippen LogP contribution in [0.15, 0.2) is 48.5 Å². The highest BCUT2D eigenvalue weighted by Crippen LogP contribution is 2.26. The fraction of sp³-hybridized carbons (Fsp3) is 0.409. The average Bonchev–Trinajstić information content (AvgIpc) is 2.73. The summed E-state index contributed by atoms with van der Waals surface area (Å²) in [4.78, 5) is 17.1. The highest BCUT2D eigenvalue weighted by molar-refractivity contribution is 5.80. The van der Waals surface area contributed by atoms with E-state index in [1.807, 2.05) is 18.2 Å². The van der Waals surface area contributed by atoms with Crippen LogP contribution in [0.2, 0.25) is 0 Å². The molecule has 6 heteroatoms. The van der Waals surface area contributed by atoms with Crippen molar-refractivity contribution in [1.29, 1.82) is 0 Å². The Labute approximate surface area is 167 Å². The Morgan fingerprint density at radius 2 is 1.68 bits per heavy atom. The van der Waals surface area contributed by atoms with E-state index in [0.717, 1.165) is 31.7 Å². The van der Waals surface area contributed by atoms with E-state index in [1.54, 1.807) is 20.1 Å². The van der Waals surface area contributed by atoms with Gasteiger partial charge in [0, 0.05) is 38.4 Å². The van der Waals surface area contributed by atoms with Crippen LogP contribution < -0.4 is 19.7 Å². The number of anilines is 1. The van der Waals surface area contributed by atoms with Crippen LogP contribution in [0, 0.1) is 0 Å². The number of nitrogens with one attached hydrogen (secondary N) is 1. The molecular formula is C22H29N3O3. The van der Waals surface area contributed by atoms with Gasteiger partial charge in [0.15, 0.2) is 17.6 Å². The number of benzene rings is 2. The van der Waals surface area contributed by atoms with Crippen LogP contribution in [0.4, 0.5) is 5.69 Å². The van der Waals surface area contributed by atoms with Gasteiger partial charge in [0.05, 0.1) is 7.11 Å². The van der Waals surface area contributed by atoms with Crippen molar-refractivity contribution >= 4 is 11.6 Å². The summed E-state index contributed by atoms with van der Waals surface area (Å²) in [6.45, 7) is 6.47. The summed E-state index contributed by atoms with van der Waals surface area (Å²) >= 11 is 0. The topological polar surface area (TPSA) is 54.0 Å². The van der Waals surface area contributed by atoms with Gasteiger partial charge in [0.1, 0.15) is 0 Å². The fourth-order valence-corrected chi connectivity index (χ4v) is 3.18. The van der Waals surface area contributed by atoms with Gasteiger partial charge in [-0.05, 0) is 43.8 Å². The highest BCUT2D eigenvalue weighted by Gasteiger charge is 2.17. The van der Waals surface area contributed by atoms with E-state index in [2.05, 4.69) is 46.4 Å². The molecule has 1 amide bonds. The van der Waals surface area contributed by atoms with Gasteiger partial charge < -0.3 is 24.6 Å². The second-order valence-corrected chi connectivity index (χ2v) is 7.09. The van der Waals surface area contributed by atoms with Gasteiger partial charge in [-0.2, -0.15) is 0 Å². The summed E-state index contributed by atoms with van der Waals surface area (Å²) in [6.07, 6.45) is -0.610. The number of nitrogens with zero attached hydrogens (tertiary/aromatic N) is 2. The summed E-state index contributed by atoms with van der Waals surface area (Å²) in [5, 5.41) is 2.94. The summed E-state index contributed by atoms with van der Waals surface area (Å²) in [5.74, 6) is 1.01. The number of carbonyl (C=O) groups excluding carboxylic acids is 1. The fourth-order valence-electron chi connectivity index (χ4n) is 3.18. The minimum atomic E-state index is -0.610. The van der Waals surface area contributed by atoms with E-state index in [4.69, 9.17) is 9.47 Å². The Balaban J connectivity index is 1.50. The lowest BCUT2D eigenvalue weighted by atomic mass is 10.1. The lowest BCUT2D eigenvalue weighted by Crippen LogP contribution is -2.44. The Bertz CT molecular complexity index is 771. The molecule has 0 spiro atoms. The van der Waals surface area contributed by atoms with Crippen molar-refractivity contribution in [3.63, 3.8) is 0 Å². The average molecular weight is 383 g/mol. The smallest absolute Gasteiger partial charge is 0.261 e. The Morgan fingerprint density at radius 1 is 1.04 bits per heavy atom. The van der Waals surface area contributed by atoms with Crippen molar-refractivity contribution in [3.05, 3.63) is 54.1 Å². The first-order valence-electron chi connectivity index (χ1n) is 9.66. The monoisotopic (exact) mass is 383 g/mol. The lowest BCUT2D eigenvalue weighted by molar-refractivity contribution is -0.127. The molecule has 28 heavy (non-hydrogen) atoms. The van der Waals surface area contributed by atoms with E-state index in [0.29, 0.717) is 18.0 Å². The van der Waals surface area contributed by atoms with Gasteiger partial charge in [-0.1, -0.05) is 24.3 Å². The molecule has 1 aliphatic rings. The molecule has 1 aliphatic heterocycles. The maximum Gasteiger partial charge on any atom is 0.261 e. The van der Waals surface area contributed by atoms with Crippen LogP contribution in [0.3, 0.4) is 0 Å². The highest BCUT2D eigenvalue weighted by atomic mass is 16.5. The zero-order valence-corrected chi connectivity index (χ0v) is 16.9. The normalized spacial score (nSPS) is 15.8. The molecule has 150 valence electrons. The van der Waals surface area contributed by atoms with Crippen molar-refractivity contribution in [2.45, 2.75) is 19.6 Å². The molecule has 0 saturated carbocycles. The standard InChI is InChI=1S/C22H29N3O3/c1-17(28-21-7-5-4-6-20(21)27-3)22(26)23-16-18-8-10-19(11-9-18)25-14-12-24(2)13-15-25/h4-11,17H,12-16H2,1-3H3,(H,23,26). The Kier molecular flexibility index (Phi) is 6.76. The van der Waals surface area contributed by atoms with Crippen molar-refractivity contribution in [2.24, 2.45) is 0 Å². The third-order valence-electron chi connectivity index (χ3n) is 5.01. The molecule has 2 aromatic carbocycles. The first-order chi connectivity index (χ1) is 13.6. The maximum atomic E-state index is 12.4. The van der Waals surface area contributed by atoms with E-state index in [1.165, 1.54) is 5.69 Å². The predicted molar refractivity (Wildman–Crippen MR) is 111 cm³/mol. The van der Waals surface area contributed by atoms with Crippen LogP contribution in [-0.2, 0) is 11.3 Å². The molecule has 0 aromatic heterocycles. The van der Waals surface area contributed by atoms with Crippen LogP contribution in [0.1, 0.15) is 12.5 Å². The largest absolute Gasteiger partial charge is 0.493 e. The summed E-state index contributed by atoms with van der Waals surface area (Å²) in [5.41, 5.74) is 2.30. The molecule has 1 heterocycles. The maximum absolute atomic E-state index is 12.4. The van der Waals surface area contributed by atoms with E-state index in [-0.39, 0.29) is 5.91 Å². The number of likely N-dealkylation sites (N-methyl/N-ethyl adjacent to an activating group) is 1. The molecule has 1 fully saturated rings. The minimum Gasteiger partial charge on any atom is -0.493 e. The molecule has 1 saturated heterocycles. The van der Waals surface area contributed by atoms with Crippen molar-refractivity contribution in [2.75, 3.05) is 45.2 Å². The molecule has 0 bridgehead atoms. The minimum absolute atomic E-state index is 0.158. The molecule has 2 aromatic rings. The number of hydrogen-bond donors (Lipinski definition) is 1. The number of amides is 1. The SMILES string of the molecule is COc1ccccc1OC(C)C(=O)NCc1ccc(N2CCN(C)CC2)cc1. The second kappa shape index (κ2) is 9.46. The third-order valence-corrected chi connectivity index (χ3v) is 5.01. The van der Waals surface area contributed by atoms with Crippen molar-refractivity contribution in [3.8, 4) is 11.5 Å². The summed E-state index contributed by atoms with van der Waals surface area (Å²) in [6, 6.07) is 15.7. The number of ether oxygens (including phenoxy) is 2. The van der Waals surface area contributed by atoms with Gasteiger partial charge in [-0.15, -0.1) is 0 Å². The summed E-state index contributed by atoms with van der Waals surface area (Å²) in [7, 11) is 3.74. The predicted octanol–water partition coefficient (Wildman–Crippen LogP) is 2.53. The zero-order chi connectivity index (χ0) is 19.9. The number of rotatable bonds is 7. The van der Waals surface area contributed by atoms with Gasteiger partial charge in [-0.25, -0.2) is 0 Å². The van der Waals surface area contributed by atoms with Gasteiger partial charge in [0.2, 0.25) is 0 Å². The van der Waals surface area contributed by atoms with Gasteiger partial charge >= 0.3 is 0 Å². The number of piperazine rings is 1. The Hall–Kier alpha value is -2.73. The molecule has 1 N–H and O–H groups in total. The zero-order valence-electron chi connectivity index (χ0n) is 16.9.